The Morgan fingerprint density at radius 3 is 2.05 bits per heavy atom. The topological polar surface area (TPSA) is 135 Å². The van der Waals surface area contributed by atoms with Crippen LogP contribution in [0.3, 0.4) is 0 Å². The molecule has 0 radical (unpaired) electrons. The molecule has 0 aliphatic carbocycles. The van der Waals surface area contributed by atoms with Crippen LogP contribution >= 0.6 is 0 Å². The highest BCUT2D eigenvalue weighted by atomic mass is 16.6. The first-order chi connectivity index (χ1) is 9.41. The minimum absolute atomic E-state index is 0.0682. The Hall–Kier alpha value is -2.36. The molecule has 0 aliphatic rings. The third-order valence-corrected chi connectivity index (χ3v) is 1.62. The minimum Gasteiger partial charge on any atom is -0.448 e. The highest BCUT2D eigenvalue weighted by molar-refractivity contribution is 5.81. The van der Waals surface area contributed by atoms with Crippen LogP contribution in [0.1, 0.15) is 20.3 Å². The third-order valence-electron chi connectivity index (χ3n) is 1.62. The van der Waals surface area contributed by atoms with Gasteiger partial charge >= 0.3 is 6.09 Å². The van der Waals surface area contributed by atoms with Gasteiger partial charge in [0.05, 0.1) is 13.2 Å². The maximum atomic E-state index is 11.1. The van der Waals surface area contributed by atoms with E-state index < -0.39 is 23.8 Å². The van der Waals surface area contributed by atoms with E-state index in [9.17, 15) is 19.2 Å². The number of carbonyl (C=O) groups excluding carboxylic acids is 4. The first-order valence-electron chi connectivity index (χ1n) is 5.74. The Balaban J connectivity index is 3.39. The van der Waals surface area contributed by atoms with Crippen molar-refractivity contribution >= 4 is 23.8 Å². The number of ether oxygens (including phenoxy) is 2. The van der Waals surface area contributed by atoms with E-state index in [4.69, 9.17) is 4.74 Å². The van der Waals surface area contributed by atoms with Crippen molar-refractivity contribution in [2.24, 2.45) is 0 Å². The highest BCUT2D eigenvalue weighted by Crippen LogP contribution is 1.86. The van der Waals surface area contributed by atoms with Crippen LogP contribution in [0.15, 0.2) is 0 Å². The molecule has 10 nitrogen and oxygen atoms in total. The van der Waals surface area contributed by atoms with Gasteiger partial charge in [0, 0.05) is 20.3 Å². The van der Waals surface area contributed by atoms with E-state index in [1.807, 2.05) is 5.43 Å². The number of hydrogen-bond acceptors (Lipinski definition) is 6. The zero-order valence-electron chi connectivity index (χ0n) is 11.3. The van der Waals surface area contributed by atoms with Crippen LogP contribution in [0, 0.1) is 0 Å². The van der Waals surface area contributed by atoms with Crippen LogP contribution in [0.2, 0.25) is 0 Å². The lowest BCUT2D eigenvalue weighted by Crippen LogP contribution is -2.42. The summed E-state index contributed by atoms with van der Waals surface area (Å²) in [5, 5.41) is 0. The van der Waals surface area contributed by atoms with Gasteiger partial charge < -0.3 is 9.47 Å². The fraction of sp³-hybridized carbons (Fsp3) is 0.600. The maximum Gasteiger partial charge on any atom is 0.426 e. The van der Waals surface area contributed by atoms with Crippen molar-refractivity contribution in [2.45, 2.75) is 20.3 Å². The average Bonchev–Trinajstić information content (AvgIpc) is 2.37. The third kappa shape index (κ3) is 12.1. The summed E-state index contributed by atoms with van der Waals surface area (Å²) in [5.41, 5.74) is 8.29. The molecule has 20 heavy (non-hydrogen) atoms. The Morgan fingerprint density at radius 2 is 1.45 bits per heavy atom. The van der Waals surface area contributed by atoms with Crippen molar-refractivity contribution in [3.05, 3.63) is 0 Å². The first-order valence-corrected chi connectivity index (χ1v) is 5.74. The molecule has 0 rings (SSSR count). The summed E-state index contributed by atoms with van der Waals surface area (Å²) in [4.78, 5) is 42.9. The molecule has 114 valence electrons. The van der Waals surface area contributed by atoms with E-state index in [1.54, 1.807) is 0 Å². The van der Waals surface area contributed by atoms with Crippen molar-refractivity contribution < 1.29 is 28.7 Å². The summed E-state index contributed by atoms with van der Waals surface area (Å²) in [5.74, 6) is -1.31. The number of amides is 4. The van der Waals surface area contributed by atoms with Gasteiger partial charge in [-0.05, 0) is 0 Å². The fourth-order valence-electron chi connectivity index (χ4n) is 0.860. The van der Waals surface area contributed by atoms with Crippen LogP contribution in [0.25, 0.3) is 0 Å². The minimum atomic E-state index is -0.788. The average molecular weight is 290 g/mol. The second kappa shape index (κ2) is 10.6. The molecule has 0 aliphatic heterocycles. The highest BCUT2D eigenvalue weighted by Gasteiger charge is 2.03. The Labute approximate surface area is 115 Å². The van der Waals surface area contributed by atoms with Crippen LogP contribution in [0.4, 0.5) is 4.79 Å². The number of hydrogen-bond donors (Lipinski definition) is 4. The first kappa shape index (κ1) is 17.6. The van der Waals surface area contributed by atoms with Gasteiger partial charge in [-0.1, -0.05) is 0 Å². The summed E-state index contributed by atoms with van der Waals surface area (Å²) in [6.45, 7) is 2.53. The lowest BCUT2D eigenvalue weighted by atomic mass is 10.5. The van der Waals surface area contributed by atoms with Crippen molar-refractivity contribution in [2.75, 3.05) is 19.8 Å². The molecule has 0 unspecified atom stereocenters. The quantitative estimate of drug-likeness (QED) is 0.341. The van der Waals surface area contributed by atoms with Crippen molar-refractivity contribution in [1.82, 2.24) is 21.7 Å². The van der Waals surface area contributed by atoms with Gasteiger partial charge in [-0.3, -0.25) is 30.7 Å². The Bertz CT molecular complexity index is 326. The Morgan fingerprint density at radius 1 is 0.850 bits per heavy atom. The summed E-state index contributed by atoms with van der Waals surface area (Å²) in [7, 11) is 0. The predicted octanol–water partition coefficient (Wildman–Crippen LogP) is -1.66. The molecule has 4 N–H and O–H groups in total. The van der Waals surface area contributed by atoms with Gasteiger partial charge in [-0.15, -0.1) is 0 Å². The summed E-state index contributed by atoms with van der Waals surface area (Å²) >= 11 is 0. The van der Waals surface area contributed by atoms with Crippen molar-refractivity contribution in [3.8, 4) is 0 Å². The lowest BCUT2D eigenvalue weighted by molar-refractivity contribution is -0.130. The van der Waals surface area contributed by atoms with Gasteiger partial charge in [-0.2, -0.15) is 0 Å². The number of rotatable bonds is 6. The molecule has 0 aromatic heterocycles. The molecule has 10 heteroatoms. The summed E-state index contributed by atoms with van der Waals surface area (Å²) < 4.78 is 9.64. The zero-order valence-corrected chi connectivity index (χ0v) is 11.3. The SMILES string of the molecule is CC(=O)NNC(=O)COCCCOC(=O)NNC(C)=O. The monoisotopic (exact) mass is 290 g/mol. The van der Waals surface area contributed by atoms with E-state index in [1.165, 1.54) is 13.8 Å². The molecule has 0 saturated heterocycles. The molecule has 4 amide bonds. The van der Waals surface area contributed by atoms with Gasteiger partial charge in [0.1, 0.15) is 6.61 Å². The number of nitrogens with one attached hydrogen (secondary N) is 4. The summed E-state index contributed by atoms with van der Waals surface area (Å²) in [6.07, 6.45) is -0.412. The molecule has 0 fully saturated rings. The van der Waals surface area contributed by atoms with Crippen LogP contribution in [-0.4, -0.2) is 43.6 Å². The molecular formula is C10H18N4O6. The molecule has 0 atom stereocenters. The second-order valence-corrected chi connectivity index (χ2v) is 3.58. The van der Waals surface area contributed by atoms with Gasteiger partial charge in [0.15, 0.2) is 0 Å². The summed E-state index contributed by atoms with van der Waals surface area (Å²) in [6, 6.07) is 0. The largest absolute Gasteiger partial charge is 0.448 e. The number of hydrazine groups is 2. The van der Waals surface area contributed by atoms with Gasteiger partial charge in [0.2, 0.25) is 11.8 Å². The molecule has 0 aromatic carbocycles. The van der Waals surface area contributed by atoms with Gasteiger partial charge in [-0.25, -0.2) is 10.2 Å². The van der Waals surface area contributed by atoms with Crippen molar-refractivity contribution in [1.29, 1.82) is 0 Å². The molecule has 0 spiro atoms. The van der Waals surface area contributed by atoms with Crippen LogP contribution in [-0.2, 0) is 23.9 Å². The lowest BCUT2D eigenvalue weighted by Gasteiger charge is -2.07. The van der Waals surface area contributed by atoms with Gasteiger partial charge in [0.25, 0.3) is 5.91 Å². The second-order valence-electron chi connectivity index (χ2n) is 3.58. The van der Waals surface area contributed by atoms with Crippen molar-refractivity contribution in [3.63, 3.8) is 0 Å². The molecule has 0 saturated carbocycles. The normalized spacial score (nSPS) is 9.30. The smallest absolute Gasteiger partial charge is 0.426 e. The van der Waals surface area contributed by atoms with Crippen LogP contribution < -0.4 is 21.7 Å². The zero-order chi connectivity index (χ0) is 15.4. The Kier molecular flexibility index (Phi) is 9.31. The van der Waals surface area contributed by atoms with Crippen LogP contribution in [0.5, 0.6) is 0 Å². The molecule has 0 aromatic rings. The maximum absolute atomic E-state index is 11.1. The predicted molar refractivity (Wildman–Crippen MR) is 65.7 cm³/mol. The number of carbonyl (C=O) groups is 4. The molecular weight excluding hydrogens is 272 g/mol. The molecule has 0 heterocycles. The van der Waals surface area contributed by atoms with E-state index in [0.29, 0.717) is 6.42 Å². The van der Waals surface area contributed by atoms with E-state index in [2.05, 4.69) is 21.0 Å². The molecule has 0 bridgehead atoms. The standard InChI is InChI=1S/C10H18N4O6/c1-7(15)11-13-9(17)6-19-4-3-5-20-10(18)14-12-8(2)16/h3-6H2,1-2H3,(H,11,15)(H,12,16)(H,13,17)(H,14,18). The fourth-order valence-corrected chi connectivity index (χ4v) is 0.860. The van der Waals surface area contributed by atoms with E-state index in [-0.39, 0.29) is 19.8 Å². The van der Waals surface area contributed by atoms with E-state index >= 15 is 0 Å². The van der Waals surface area contributed by atoms with E-state index in [0.717, 1.165) is 0 Å².